The molecule has 0 saturated heterocycles. The van der Waals surface area contributed by atoms with Crippen molar-refractivity contribution in [2.45, 2.75) is 13.2 Å². The van der Waals surface area contributed by atoms with Gasteiger partial charge >= 0.3 is 0 Å². The number of hydrogen-bond donors (Lipinski definition) is 1. The number of aliphatic hydroxyl groups excluding tert-OH is 1. The average Bonchev–Trinajstić information content (AvgIpc) is 2.38. The molecule has 0 aliphatic rings. The maximum Gasteiger partial charge on any atom is 0.144 e. The van der Waals surface area contributed by atoms with Gasteiger partial charge in [0.25, 0.3) is 0 Å². The van der Waals surface area contributed by atoms with Crippen LogP contribution in [0.25, 0.3) is 0 Å². The van der Waals surface area contributed by atoms with Gasteiger partial charge in [-0.3, -0.25) is 0 Å². The fourth-order valence-corrected chi connectivity index (χ4v) is 2.65. The molecule has 0 aliphatic carbocycles. The molecule has 2 aromatic rings. The third-order valence-electron chi connectivity index (χ3n) is 2.59. The van der Waals surface area contributed by atoms with Crippen LogP contribution in [0.4, 0.5) is 0 Å². The second-order valence-electron chi connectivity index (χ2n) is 3.91. The Kier molecular flexibility index (Phi) is 5.11. The van der Waals surface area contributed by atoms with E-state index < -0.39 is 0 Å². The Balaban J connectivity index is 2.22. The molecule has 5 heteroatoms. The van der Waals surface area contributed by atoms with E-state index in [1.165, 1.54) is 0 Å². The van der Waals surface area contributed by atoms with Gasteiger partial charge in [0.15, 0.2) is 0 Å². The lowest BCUT2D eigenvalue weighted by Gasteiger charge is -2.13. The summed E-state index contributed by atoms with van der Waals surface area (Å²) in [6.07, 6.45) is 0. The van der Waals surface area contributed by atoms with E-state index in [1.807, 2.05) is 24.3 Å². The molecule has 0 aliphatic heterocycles. The van der Waals surface area contributed by atoms with Crippen molar-refractivity contribution >= 4 is 39.1 Å². The van der Waals surface area contributed by atoms with Gasteiger partial charge in [0.2, 0.25) is 0 Å². The summed E-state index contributed by atoms with van der Waals surface area (Å²) in [6.45, 7) is 0.182. The monoisotopic (exact) mass is 360 g/mol. The minimum absolute atomic E-state index is 0.175. The van der Waals surface area contributed by atoms with Crippen molar-refractivity contribution in [3.8, 4) is 5.75 Å². The molecular formula is C14H11BrCl2O2. The van der Waals surface area contributed by atoms with Gasteiger partial charge in [0, 0.05) is 20.6 Å². The first-order valence-electron chi connectivity index (χ1n) is 5.57. The molecule has 2 rings (SSSR count). The second kappa shape index (κ2) is 6.62. The summed E-state index contributed by atoms with van der Waals surface area (Å²) in [7, 11) is 0. The first-order valence-corrected chi connectivity index (χ1v) is 7.11. The highest BCUT2D eigenvalue weighted by Gasteiger charge is 2.11. The van der Waals surface area contributed by atoms with E-state index >= 15 is 0 Å². The molecule has 0 atom stereocenters. The van der Waals surface area contributed by atoms with E-state index in [4.69, 9.17) is 27.9 Å². The van der Waals surface area contributed by atoms with Crippen molar-refractivity contribution in [2.24, 2.45) is 0 Å². The lowest BCUT2D eigenvalue weighted by Crippen LogP contribution is -2.00. The molecule has 0 bridgehead atoms. The number of hydrogen-bond acceptors (Lipinski definition) is 2. The van der Waals surface area contributed by atoms with Crippen LogP contribution in [0.3, 0.4) is 0 Å². The lowest BCUT2D eigenvalue weighted by molar-refractivity contribution is 0.259. The lowest BCUT2D eigenvalue weighted by atomic mass is 10.2. The second-order valence-corrected chi connectivity index (χ2v) is 5.61. The van der Waals surface area contributed by atoms with Gasteiger partial charge in [-0.1, -0.05) is 57.3 Å². The first-order chi connectivity index (χ1) is 9.11. The number of benzene rings is 2. The predicted octanol–water partition coefficient (Wildman–Crippen LogP) is 4.83. The van der Waals surface area contributed by atoms with Crippen molar-refractivity contribution in [3.05, 3.63) is 62.0 Å². The van der Waals surface area contributed by atoms with E-state index in [1.54, 1.807) is 12.1 Å². The van der Waals surface area contributed by atoms with Crippen LogP contribution < -0.4 is 4.74 Å². The normalized spacial score (nSPS) is 10.5. The van der Waals surface area contributed by atoms with Gasteiger partial charge in [-0.25, -0.2) is 0 Å². The maximum atomic E-state index is 9.31. The minimum atomic E-state index is -0.175. The van der Waals surface area contributed by atoms with E-state index in [0.29, 0.717) is 28.0 Å². The smallest absolute Gasteiger partial charge is 0.144 e. The van der Waals surface area contributed by atoms with Crippen LogP contribution in [-0.2, 0) is 13.2 Å². The Bertz CT molecular complexity index is 588. The van der Waals surface area contributed by atoms with E-state index in [0.717, 1.165) is 10.0 Å². The van der Waals surface area contributed by atoms with Crippen molar-refractivity contribution in [2.75, 3.05) is 0 Å². The topological polar surface area (TPSA) is 29.5 Å². The molecule has 0 spiro atoms. The Labute approximate surface area is 130 Å². The highest BCUT2D eigenvalue weighted by atomic mass is 79.9. The van der Waals surface area contributed by atoms with Crippen LogP contribution in [0.5, 0.6) is 5.75 Å². The van der Waals surface area contributed by atoms with Crippen LogP contribution in [-0.4, -0.2) is 5.11 Å². The molecule has 0 amide bonds. The molecule has 2 aromatic carbocycles. The summed E-state index contributed by atoms with van der Waals surface area (Å²) in [5.74, 6) is 0.462. The summed E-state index contributed by atoms with van der Waals surface area (Å²) in [4.78, 5) is 0. The fraction of sp³-hybridized carbons (Fsp3) is 0.143. The van der Waals surface area contributed by atoms with Crippen LogP contribution in [0, 0.1) is 0 Å². The molecule has 0 fully saturated rings. The molecule has 0 unspecified atom stereocenters. The molecule has 0 aromatic heterocycles. The Morgan fingerprint density at radius 3 is 2.53 bits per heavy atom. The van der Waals surface area contributed by atoms with E-state index in [9.17, 15) is 5.11 Å². The third kappa shape index (κ3) is 3.63. The quantitative estimate of drug-likeness (QED) is 0.845. The predicted molar refractivity (Wildman–Crippen MR) is 80.9 cm³/mol. The Morgan fingerprint density at radius 2 is 1.84 bits per heavy atom. The number of rotatable bonds is 4. The van der Waals surface area contributed by atoms with Crippen LogP contribution >= 0.6 is 39.1 Å². The third-order valence-corrected chi connectivity index (χ3v) is 3.86. The molecule has 0 radical (unpaired) electrons. The zero-order valence-electron chi connectivity index (χ0n) is 9.87. The number of aliphatic hydroxyl groups is 1. The van der Waals surface area contributed by atoms with Gasteiger partial charge in [-0.2, -0.15) is 0 Å². The van der Waals surface area contributed by atoms with Crippen molar-refractivity contribution in [1.82, 2.24) is 0 Å². The molecule has 2 nitrogen and oxygen atoms in total. The Morgan fingerprint density at radius 1 is 1.11 bits per heavy atom. The number of ether oxygens (including phenoxy) is 1. The summed E-state index contributed by atoms with van der Waals surface area (Å²) in [5, 5.41) is 10.2. The van der Waals surface area contributed by atoms with E-state index in [2.05, 4.69) is 15.9 Å². The molecule has 0 saturated carbocycles. The average molecular weight is 362 g/mol. The molecule has 19 heavy (non-hydrogen) atoms. The molecular weight excluding hydrogens is 351 g/mol. The van der Waals surface area contributed by atoms with Gasteiger partial charge in [-0.05, 0) is 18.2 Å². The molecule has 1 N–H and O–H groups in total. The van der Waals surface area contributed by atoms with Crippen LogP contribution in [0.15, 0.2) is 40.9 Å². The number of halogens is 3. The minimum Gasteiger partial charge on any atom is -0.487 e. The van der Waals surface area contributed by atoms with Crippen molar-refractivity contribution in [3.63, 3.8) is 0 Å². The van der Waals surface area contributed by atoms with Gasteiger partial charge < -0.3 is 9.84 Å². The standard InChI is InChI=1S/C14H11BrCl2O2/c15-12-4-2-1-3-9(12)8-19-14-10(7-18)5-11(16)6-13(14)17/h1-6,18H,7-8H2. The zero-order valence-corrected chi connectivity index (χ0v) is 13.0. The van der Waals surface area contributed by atoms with Crippen LogP contribution in [0.2, 0.25) is 10.0 Å². The SMILES string of the molecule is OCc1cc(Cl)cc(Cl)c1OCc1ccccc1Br. The highest BCUT2D eigenvalue weighted by Crippen LogP contribution is 2.33. The first kappa shape index (κ1) is 14.7. The summed E-state index contributed by atoms with van der Waals surface area (Å²) in [6, 6.07) is 11.0. The zero-order chi connectivity index (χ0) is 13.8. The fourth-order valence-electron chi connectivity index (χ4n) is 1.66. The van der Waals surface area contributed by atoms with Crippen molar-refractivity contribution in [1.29, 1.82) is 0 Å². The van der Waals surface area contributed by atoms with Gasteiger partial charge in [0.1, 0.15) is 12.4 Å². The Hall–Kier alpha value is -0.740. The van der Waals surface area contributed by atoms with Crippen molar-refractivity contribution < 1.29 is 9.84 Å². The maximum absolute atomic E-state index is 9.31. The van der Waals surface area contributed by atoms with Gasteiger partial charge in [0.05, 0.1) is 11.6 Å². The summed E-state index contributed by atoms with van der Waals surface area (Å²) >= 11 is 15.4. The molecule has 100 valence electrons. The van der Waals surface area contributed by atoms with E-state index in [-0.39, 0.29) is 6.61 Å². The van der Waals surface area contributed by atoms with Crippen LogP contribution in [0.1, 0.15) is 11.1 Å². The summed E-state index contributed by atoms with van der Waals surface area (Å²) in [5.41, 5.74) is 1.57. The highest BCUT2D eigenvalue weighted by molar-refractivity contribution is 9.10. The molecule has 0 heterocycles. The van der Waals surface area contributed by atoms with Gasteiger partial charge in [-0.15, -0.1) is 0 Å². The summed E-state index contributed by atoms with van der Waals surface area (Å²) < 4.78 is 6.66. The largest absolute Gasteiger partial charge is 0.487 e.